The summed E-state index contributed by atoms with van der Waals surface area (Å²) in [6, 6.07) is 4.87. The molecular formula is C20H21F3N2O3S. The van der Waals surface area contributed by atoms with Gasteiger partial charge in [-0.1, -0.05) is 12.1 Å². The summed E-state index contributed by atoms with van der Waals surface area (Å²) in [6.07, 6.45) is 2.41. The molecule has 9 heteroatoms. The van der Waals surface area contributed by atoms with Crippen LogP contribution in [0.25, 0.3) is 0 Å². The molecule has 0 aromatic heterocycles. The van der Waals surface area contributed by atoms with E-state index >= 15 is 0 Å². The predicted octanol–water partition coefficient (Wildman–Crippen LogP) is 5.01. The summed E-state index contributed by atoms with van der Waals surface area (Å²) in [5, 5.41) is 2.46. The van der Waals surface area contributed by atoms with Crippen LogP contribution >= 0.6 is 0 Å². The molecule has 2 aromatic carbocycles. The molecule has 0 aliphatic heterocycles. The Kier molecular flexibility index (Phi) is 5.53. The van der Waals surface area contributed by atoms with Crippen molar-refractivity contribution in [1.82, 2.24) is 0 Å². The minimum absolute atomic E-state index is 0.144. The monoisotopic (exact) mass is 426 g/mol. The van der Waals surface area contributed by atoms with Crippen molar-refractivity contribution in [3.05, 3.63) is 59.9 Å². The summed E-state index contributed by atoms with van der Waals surface area (Å²) in [4.78, 5) is 0. The molecule has 0 radical (unpaired) electrons. The lowest BCUT2D eigenvalue weighted by Gasteiger charge is -2.21. The smallest absolute Gasteiger partial charge is 0.238 e. The van der Waals surface area contributed by atoms with Crippen molar-refractivity contribution >= 4 is 27.1 Å². The fraction of sp³-hybridized carbons (Fsp3) is 0.300. The number of allylic oxidation sites excluding steroid dienone is 1. The minimum atomic E-state index is -4.06. The van der Waals surface area contributed by atoms with Crippen molar-refractivity contribution in [2.24, 2.45) is 0 Å². The highest BCUT2D eigenvalue weighted by atomic mass is 32.2. The molecule has 0 heterocycles. The zero-order valence-corrected chi connectivity index (χ0v) is 16.8. The second kappa shape index (κ2) is 7.62. The van der Waals surface area contributed by atoms with E-state index in [2.05, 4.69) is 16.6 Å². The van der Waals surface area contributed by atoms with Gasteiger partial charge in [-0.25, -0.2) is 21.6 Å². The van der Waals surface area contributed by atoms with Gasteiger partial charge in [0, 0.05) is 6.07 Å². The van der Waals surface area contributed by atoms with Crippen LogP contribution < -0.4 is 14.8 Å². The number of hydrogen-bond acceptors (Lipinski definition) is 4. The molecule has 29 heavy (non-hydrogen) atoms. The molecule has 0 spiro atoms. The van der Waals surface area contributed by atoms with E-state index in [9.17, 15) is 21.6 Å². The molecule has 1 aliphatic rings. The molecule has 2 aromatic rings. The zero-order chi connectivity index (χ0) is 21.4. The summed E-state index contributed by atoms with van der Waals surface area (Å²) in [7, 11) is -2.92. The van der Waals surface area contributed by atoms with E-state index in [4.69, 9.17) is 4.74 Å². The van der Waals surface area contributed by atoms with Gasteiger partial charge in [0.25, 0.3) is 0 Å². The Labute approximate surface area is 167 Å². The largest absolute Gasteiger partial charge is 0.493 e. The predicted molar refractivity (Wildman–Crippen MR) is 107 cm³/mol. The Bertz CT molecular complexity index is 1070. The van der Waals surface area contributed by atoms with E-state index < -0.39 is 49.3 Å². The molecule has 0 bridgehead atoms. The van der Waals surface area contributed by atoms with Gasteiger partial charge >= 0.3 is 0 Å². The highest BCUT2D eigenvalue weighted by Crippen LogP contribution is 2.48. The molecule has 0 amide bonds. The van der Waals surface area contributed by atoms with Crippen molar-refractivity contribution < 1.29 is 26.3 Å². The molecule has 0 atom stereocenters. The van der Waals surface area contributed by atoms with Crippen molar-refractivity contribution in [1.29, 1.82) is 0 Å². The number of nitrogens with one attached hydrogen (secondary N) is 2. The second-order valence-electron chi connectivity index (χ2n) is 7.01. The van der Waals surface area contributed by atoms with Gasteiger partial charge in [0.2, 0.25) is 10.0 Å². The van der Waals surface area contributed by atoms with Gasteiger partial charge in [-0.15, -0.1) is 6.58 Å². The molecule has 5 nitrogen and oxygen atoms in total. The van der Waals surface area contributed by atoms with Gasteiger partial charge < -0.3 is 10.1 Å². The van der Waals surface area contributed by atoms with E-state index in [0.717, 1.165) is 13.2 Å². The SMILES string of the molecule is C=CCC1(S(=O)(=O)Nc2c(F)cc(OC)c(F)c2Nc2ccc(C)cc2F)CC1. The van der Waals surface area contributed by atoms with E-state index in [0.29, 0.717) is 18.4 Å². The van der Waals surface area contributed by atoms with Crippen LogP contribution in [0.3, 0.4) is 0 Å². The zero-order valence-electron chi connectivity index (χ0n) is 16.0. The molecule has 1 aliphatic carbocycles. The van der Waals surface area contributed by atoms with Crippen LogP contribution in [0.15, 0.2) is 36.9 Å². The quantitative estimate of drug-likeness (QED) is 0.582. The van der Waals surface area contributed by atoms with Crippen molar-refractivity contribution in [2.45, 2.75) is 30.9 Å². The molecular weight excluding hydrogens is 405 g/mol. The third-order valence-electron chi connectivity index (χ3n) is 4.92. The van der Waals surface area contributed by atoms with Gasteiger partial charge in [0.15, 0.2) is 17.4 Å². The molecule has 0 unspecified atom stereocenters. The highest BCUT2D eigenvalue weighted by Gasteiger charge is 2.54. The first-order valence-electron chi connectivity index (χ1n) is 8.86. The normalized spacial score (nSPS) is 14.9. The third kappa shape index (κ3) is 3.91. The average molecular weight is 426 g/mol. The maximum Gasteiger partial charge on any atom is 0.238 e. The lowest BCUT2D eigenvalue weighted by Crippen LogP contribution is -2.30. The fourth-order valence-electron chi connectivity index (χ4n) is 3.05. The van der Waals surface area contributed by atoms with Crippen LogP contribution in [-0.4, -0.2) is 20.3 Å². The third-order valence-corrected chi connectivity index (χ3v) is 7.11. The van der Waals surface area contributed by atoms with Gasteiger partial charge in [0.05, 0.1) is 17.5 Å². The number of sulfonamides is 1. The number of halogens is 3. The summed E-state index contributed by atoms with van der Waals surface area (Å²) in [5.74, 6) is -3.27. The van der Waals surface area contributed by atoms with Gasteiger partial charge in [0.1, 0.15) is 17.2 Å². The van der Waals surface area contributed by atoms with Crippen LogP contribution in [0.1, 0.15) is 24.8 Å². The van der Waals surface area contributed by atoms with E-state index in [1.54, 1.807) is 13.0 Å². The Morgan fingerprint density at radius 2 is 1.86 bits per heavy atom. The lowest BCUT2D eigenvalue weighted by molar-refractivity contribution is 0.384. The Hall–Kier alpha value is -2.68. The van der Waals surface area contributed by atoms with Crippen LogP contribution in [-0.2, 0) is 10.0 Å². The van der Waals surface area contributed by atoms with Crippen LogP contribution in [0.4, 0.5) is 30.2 Å². The molecule has 1 fully saturated rings. The number of ether oxygens (including phenoxy) is 1. The number of hydrogen-bond donors (Lipinski definition) is 2. The van der Waals surface area contributed by atoms with Crippen molar-refractivity contribution in [2.75, 3.05) is 17.1 Å². The summed E-state index contributed by atoms with van der Waals surface area (Å²) < 4.78 is 75.4. The lowest BCUT2D eigenvalue weighted by atomic mass is 10.2. The Balaban J connectivity index is 2.09. The van der Waals surface area contributed by atoms with Crippen LogP contribution in [0.2, 0.25) is 0 Å². The van der Waals surface area contributed by atoms with Gasteiger partial charge in [-0.2, -0.15) is 0 Å². The van der Waals surface area contributed by atoms with E-state index in [-0.39, 0.29) is 12.1 Å². The molecule has 3 rings (SSSR count). The number of rotatable bonds is 8. The van der Waals surface area contributed by atoms with Gasteiger partial charge in [-0.3, -0.25) is 4.72 Å². The number of methoxy groups -OCH3 is 1. The number of anilines is 3. The van der Waals surface area contributed by atoms with Gasteiger partial charge in [-0.05, 0) is 43.9 Å². The van der Waals surface area contributed by atoms with Crippen molar-refractivity contribution in [3.8, 4) is 5.75 Å². The van der Waals surface area contributed by atoms with E-state index in [1.165, 1.54) is 18.2 Å². The first-order chi connectivity index (χ1) is 13.6. The summed E-state index contributed by atoms with van der Waals surface area (Å²) in [6.45, 7) is 5.23. The first-order valence-corrected chi connectivity index (χ1v) is 10.3. The van der Waals surface area contributed by atoms with Crippen molar-refractivity contribution in [3.63, 3.8) is 0 Å². The highest BCUT2D eigenvalue weighted by molar-refractivity contribution is 7.94. The Morgan fingerprint density at radius 1 is 1.17 bits per heavy atom. The van der Waals surface area contributed by atoms with Crippen LogP contribution in [0.5, 0.6) is 5.75 Å². The molecule has 2 N–H and O–H groups in total. The molecule has 1 saturated carbocycles. The van der Waals surface area contributed by atoms with Crippen LogP contribution in [0, 0.1) is 24.4 Å². The summed E-state index contributed by atoms with van der Waals surface area (Å²) in [5.41, 5.74) is -0.720. The first kappa shape index (κ1) is 21.0. The standard InChI is InChI=1S/C20H21F3N2O3S/c1-4-7-20(8-9-20)29(26,27)25-18-14(22)11-16(28-3)17(23)19(18)24-15-6-5-12(2)10-13(15)21/h4-6,10-11,24-25H,1,7-9H2,2-3H3. The maximum atomic E-state index is 14.9. The summed E-state index contributed by atoms with van der Waals surface area (Å²) >= 11 is 0. The average Bonchev–Trinajstić information content (AvgIpc) is 3.44. The molecule has 156 valence electrons. The Morgan fingerprint density at radius 3 is 2.41 bits per heavy atom. The van der Waals surface area contributed by atoms with E-state index in [1.807, 2.05) is 0 Å². The number of benzene rings is 2. The second-order valence-corrected chi connectivity index (χ2v) is 9.09. The fourth-order valence-corrected chi connectivity index (χ4v) is 4.71. The topological polar surface area (TPSA) is 67.4 Å². The molecule has 0 saturated heterocycles. The number of aryl methyl sites for hydroxylation is 1. The maximum absolute atomic E-state index is 14.9. The minimum Gasteiger partial charge on any atom is -0.493 e.